The number of hydrogen-bond donors (Lipinski definition) is 3. The van der Waals surface area contributed by atoms with Gasteiger partial charge in [-0.1, -0.05) is 11.3 Å². The number of pyridine rings is 1. The Kier molecular flexibility index (Phi) is 5.71. The second-order valence-electron chi connectivity index (χ2n) is 7.21. The van der Waals surface area contributed by atoms with Crippen molar-refractivity contribution in [2.24, 2.45) is 5.73 Å². The van der Waals surface area contributed by atoms with Gasteiger partial charge in [0.05, 0.1) is 24.0 Å². The highest BCUT2D eigenvalue weighted by atomic mass is 32.1. The van der Waals surface area contributed by atoms with E-state index in [1.54, 1.807) is 0 Å². The van der Waals surface area contributed by atoms with E-state index < -0.39 is 23.5 Å². The molecule has 0 spiro atoms. The van der Waals surface area contributed by atoms with Gasteiger partial charge in [0, 0.05) is 17.8 Å². The number of halogens is 3. The van der Waals surface area contributed by atoms with E-state index in [0.29, 0.717) is 28.6 Å². The summed E-state index contributed by atoms with van der Waals surface area (Å²) in [5, 5.41) is 8.39. The second kappa shape index (κ2) is 8.30. The van der Waals surface area contributed by atoms with Crippen molar-refractivity contribution in [1.82, 2.24) is 19.6 Å². The highest BCUT2D eigenvalue weighted by Gasteiger charge is 2.34. The zero-order valence-electron chi connectivity index (χ0n) is 16.2. The third kappa shape index (κ3) is 4.56. The van der Waals surface area contributed by atoms with Gasteiger partial charge in [0.25, 0.3) is 0 Å². The monoisotopic (exact) mass is 455 g/mol. The summed E-state index contributed by atoms with van der Waals surface area (Å²) in [6, 6.07) is 1.09. The van der Waals surface area contributed by atoms with E-state index in [9.17, 15) is 18.0 Å². The summed E-state index contributed by atoms with van der Waals surface area (Å²) in [6.45, 7) is -0.132. The molecule has 0 amide bonds. The van der Waals surface area contributed by atoms with Gasteiger partial charge in [-0.15, -0.1) is 5.10 Å². The molecule has 3 heterocycles. The minimum absolute atomic E-state index is 0.129. The molecule has 1 fully saturated rings. The maximum Gasteiger partial charge on any atom is 0.419 e. The first-order chi connectivity index (χ1) is 14.7. The molecule has 31 heavy (non-hydrogen) atoms. The number of imidazole rings is 1. The van der Waals surface area contributed by atoms with Gasteiger partial charge in [0.1, 0.15) is 11.9 Å². The summed E-state index contributed by atoms with van der Waals surface area (Å²) in [7, 11) is 0. The van der Waals surface area contributed by atoms with Crippen molar-refractivity contribution < 1.29 is 22.7 Å². The van der Waals surface area contributed by atoms with Gasteiger partial charge in [0.2, 0.25) is 10.1 Å². The summed E-state index contributed by atoms with van der Waals surface area (Å²) in [5.41, 5.74) is 10.3. The lowest BCUT2D eigenvalue weighted by molar-refractivity contribution is -0.148. The highest BCUT2D eigenvalue weighted by Crippen LogP contribution is 2.36. The number of esters is 1. The van der Waals surface area contributed by atoms with Crippen LogP contribution in [-0.4, -0.2) is 44.2 Å². The number of nitrogens with one attached hydrogen (secondary N) is 1. The van der Waals surface area contributed by atoms with Crippen molar-refractivity contribution in [3.8, 4) is 11.3 Å². The molecule has 0 radical (unpaired) electrons. The zero-order chi connectivity index (χ0) is 22.2. The Morgan fingerprint density at radius 1 is 1.26 bits per heavy atom. The van der Waals surface area contributed by atoms with Crippen LogP contribution >= 0.6 is 11.3 Å². The Hall–Kier alpha value is -2.93. The second-order valence-corrected chi connectivity index (χ2v) is 8.17. The summed E-state index contributed by atoms with van der Waals surface area (Å²) < 4.78 is 46.2. The van der Waals surface area contributed by atoms with Gasteiger partial charge in [-0.2, -0.15) is 13.2 Å². The predicted molar refractivity (Wildman–Crippen MR) is 108 cm³/mol. The Morgan fingerprint density at radius 2 is 2.00 bits per heavy atom. The fraction of sp³-hybridized carbons (Fsp3) is 0.444. The van der Waals surface area contributed by atoms with Crippen LogP contribution in [0.4, 0.5) is 24.1 Å². The van der Waals surface area contributed by atoms with Crippen LogP contribution in [0.5, 0.6) is 0 Å². The smallest absolute Gasteiger partial charge is 0.419 e. The van der Waals surface area contributed by atoms with Crippen LogP contribution in [0.1, 0.15) is 31.2 Å². The Morgan fingerprint density at radius 3 is 2.68 bits per heavy atom. The molecule has 0 unspecified atom stereocenters. The quantitative estimate of drug-likeness (QED) is 0.500. The highest BCUT2D eigenvalue weighted by molar-refractivity contribution is 7.20. The molecule has 5 N–H and O–H groups in total. The Labute approximate surface area is 178 Å². The average Bonchev–Trinajstić information content (AvgIpc) is 3.29. The standard InChI is InChI=1S/C18H20F3N7O2S/c19-18(20,21)12-5-9(7-24-15(12)23)13-8-25-17-28(13)27-16(31-17)26-10-1-3-11(4-2-10)30-14(29)6-22/h5,7-8,10-11H,1-4,6,22H2,(H2,23,24)(H,26,27). The number of nitrogens with zero attached hydrogens (tertiary/aromatic N) is 4. The number of aromatic nitrogens is 4. The van der Waals surface area contributed by atoms with Crippen LogP contribution < -0.4 is 16.8 Å². The normalized spacial score (nSPS) is 19.5. The number of rotatable bonds is 5. The minimum Gasteiger partial charge on any atom is -0.461 e. The molecule has 0 saturated heterocycles. The molecular weight excluding hydrogens is 435 g/mol. The molecule has 0 aliphatic heterocycles. The minimum atomic E-state index is -4.61. The number of alkyl halides is 3. The molecule has 3 aromatic rings. The van der Waals surface area contributed by atoms with E-state index in [2.05, 4.69) is 20.4 Å². The van der Waals surface area contributed by atoms with Crippen molar-refractivity contribution in [2.45, 2.75) is 44.0 Å². The largest absolute Gasteiger partial charge is 0.461 e. The fourth-order valence-electron chi connectivity index (χ4n) is 3.52. The third-order valence-corrected chi connectivity index (χ3v) is 5.93. The SMILES string of the molecule is NCC(=O)OC1CCC(Nc2nn3c(-c4cnc(N)c(C(F)(F)F)c4)cnc3s2)CC1. The van der Waals surface area contributed by atoms with Gasteiger partial charge >= 0.3 is 12.1 Å². The van der Waals surface area contributed by atoms with E-state index in [1.165, 1.54) is 28.2 Å². The fourth-order valence-corrected chi connectivity index (χ4v) is 4.38. The molecule has 166 valence electrons. The molecule has 13 heteroatoms. The first-order valence-corrected chi connectivity index (χ1v) is 10.4. The number of carbonyl (C=O) groups excluding carboxylic acids is 1. The number of nitrogens with two attached hydrogens (primary N) is 2. The van der Waals surface area contributed by atoms with Crippen molar-refractivity contribution in [1.29, 1.82) is 0 Å². The van der Waals surface area contributed by atoms with Gasteiger partial charge in [-0.05, 0) is 31.7 Å². The third-order valence-electron chi connectivity index (χ3n) is 5.07. The summed E-state index contributed by atoms with van der Waals surface area (Å²) in [4.78, 5) is 19.8. The van der Waals surface area contributed by atoms with Crippen LogP contribution in [0.15, 0.2) is 18.5 Å². The summed E-state index contributed by atoms with van der Waals surface area (Å²) in [6.07, 6.45) is 0.987. The summed E-state index contributed by atoms with van der Waals surface area (Å²) in [5.74, 6) is -0.985. The number of hydrogen-bond acceptors (Lipinski definition) is 9. The molecule has 9 nitrogen and oxygen atoms in total. The maximum atomic E-state index is 13.2. The Bertz CT molecular complexity index is 1090. The number of nitrogen functional groups attached to an aromatic ring is 1. The van der Waals surface area contributed by atoms with E-state index in [0.717, 1.165) is 18.9 Å². The molecule has 0 bridgehead atoms. The van der Waals surface area contributed by atoms with Crippen molar-refractivity contribution in [2.75, 3.05) is 17.6 Å². The van der Waals surface area contributed by atoms with Gasteiger partial charge in [-0.25, -0.2) is 14.5 Å². The molecule has 4 rings (SSSR count). The van der Waals surface area contributed by atoms with Gasteiger partial charge in [-0.3, -0.25) is 4.79 Å². The van der Waals surface area contributed by atoms with Crippen LogP contribution in [0.2, 0.25) is 0 Å². The molecule has 1 saturated carbocycles. The molecule has 0 aromatic carbocycles. The lowest BCUT2D eigenvalue weighted by Crippen LogP contribution is -2.32. The van der Waals surface area contributed by atoms with Crippen LogP contribution in [0, 0.1) is 0 Å². The summed E-state index contributed by atoms with van der Waals surface area (Å²) >= 11 is 1.29. The lowest BCUT2D eigenvalue weighted by atomic mass is 9.93. The predicted octanol–water partition coefficient (Wildman–Crippen LogP) is 2.68. The molecule has 0 atom stereocenters. The maximum absolute atomic E-state index is 13.2. The zero-order valence-corrected chi connectivity index (χ0v) is 17.0. The first kappa shape index (κ1) is 21.3. The average molecular weight is 455 g/mol. The van der Waals surface area contributed by atoms with Crippen molar-refractivity contribution >= 4 is 33.2 Å². The van der Waals surface area contributed by atoms with Crippen molar-refractivity contribution in [3.63, 3.8) is 0 Å². The van der Waals surface area contributed by atoms with Crippen LogP contribution in [-0.2, 0) is 15.7 Å². The van der Waals surface area contributed by atoms with Gasteiger partial charge < -0.3 is 21.5 Å². The van der Waals surface area contributed by atoms with E-state index in [1.807, 2.05) is 0 Å². The topological polar surface area (TPSA) is 133 Å². The van der Waals surface area contributed by atoms with E-state index in [-0.39, 0.29) is 24.3 Å². The Balaban J connectivity index is 1.48. The number of ether oxygens (including phenoxy) is 1. The van der Waals surface area contributed by atoms with Crippen LogP contribution in [0.3, 0.4) is 0 Å². The van der Waals surface area contributed by atoms with E-state index >= 15 is 0 Å². The molecule has 1 aliphatic rings. The number of fused-ring (bicyclic) bond motifs is 1. The van der Waals surface area contributed by atoms with Crippen molar-refractivity contribution in [3.05, 3.63) is 24.0 Å². The first-order valence-electron chi connectivity index (χ1n) is 9.58. The number of carbonyl (C=O) groups is 1. The van der Waals surface area contributed by atoms with Gasteiger partial charge in [0.15, 0.2) is 0 Å². The van der Waals surface area contributed by atoms with E-state index in [4.69, 9.17) is 16.2 Å². The van der Waals surface area contributed by atoms with Crippen LogP contribution in [0.25, 0.3) is 16.2 Å². The molecular formula is C18H20F3N7O2S. The number of anilines is 2. The lowest BCUT2D eigenvalue weighted by Gasteiger charge is -2.28. The molecule has 1 aliphatic carbocycles. The molecule has 3 aromatic heterocycles.